The maximum absolute atomic E-state index is 13.1. The number of amides is 2. The zero-order valence-electron chi connectivity index (χ0n) is 16.9. The SMILES string of the molecule is CC(CO)N1Cc2c(ccc(Cl)c2NC(=O)CC23CC4CC(CC(C4)C2)C3)C1=O. The van der Waals surface area contributed by atoms with E-state index < -0.39 is 0 Å². The number of nitrogens with one attached hydrogen (secondary N) is 1. The van der Waals surface area contributed by atoms with E-state index in [9.17, 15) is 14.7 Å². The van der Waals surface area contributed by atoms with E-state index in [1.54, 1.807) is 17.0 Å². The van der Waals surface area contributed by atoms with Crippen LogP contribution in [0.3, 0.4) is 0 Å². The first-order valence-electron chi connectivity index (χ1n) is 10.9. The molecule has 0 spiro atoms. The highest BCUT2D eigenvalue weighted by Crippen LogP contribution is 2.61. The quantitative estimate of drug-likeness (QED) is 0.754. The van der Waals surface area contributed by atoms with E-state index in [1.807, 2.05) is 6.92 Å². The minimum Gasteiger partial charge on any atom is -0.394 e. The molecule has 1 aliphatic heterocycles. The fourth-order valence-electron chi connectivity index (χ4n) is 7.00. The van der Waals surface area contributed by atoms with Crippen molar-refractivity contribution < 1.29 is 14.7 Å². The summed E-state index contributed by atoms with van der Waals surface area (Å²) in [7, 11) is 0. The van der Waals surface area contributed by atoms with Gasteiger partial charge in [-0.25, -0.2) is 0 Å². The summed E-state index contributed by atoms with van der Waals surface area (Å²) in [5, 5.41) is 13.0. The Labute approximate surface area is 176 Å². The molecule has 0 saturated heterocycles. The van der Waals surface area contributed by atoms with Crippen molar-refractivity contribution in [3.63, 3.8) is 0 Å². The van der Waals surface area contributed by atoms with Crippen LogP contribution >= 0.6 is 11.6 Å². The smallest absolute Gasteiger partial charge is 0.254 e. The van der Waals surface area contributed by atoms with Crippen molar-refractivity contribution in [2.45, 2.75) is 64.5 Å². The van der Waals surface area contributed by atoms with Gasteiger partial charge in [-0.1, -0.05) is 11.6 Å². The van der Waals surface area contributed by atoms with E-state index in [1.165, 1.54) is 38.5 Å². The van der Waals surface area contributed by atoms with Crippen LogP contribution in [0.2, 0.25) is 5.02 Å². The molecule has 1 aromatic carbocycles. The van der Waals surface area contributed by atoms with E-state index in [-0.39, 0.29) is 29.9 Å². The monoisotopic (exact) mass is 416 g/mol. The van der Waals surface area contributed by atoms with Crippen LogP contribution in [0.25, 0.3) is 0 Å². The number of aliphatic hydroxyl groups is 1. The molecular formula is C23H29ClN2O3. The molecule has 1 heterocycles. The lowest BCUT2D eigenvalue weighted by Crippen LogP contribution is -2.47. The number of hydrogen-bond acceptors (Lipinski definition) is 3. The van der Waals surface area contributed by atoms with Crippen molar-refractivity contribution in [3.8, 4) is 0 Å². The normalized spacial score (nSPS) is 33.1. The molecule has 1 aromatic rings. The molecule has 4 aliphatic carbocycles. The summed E-state index contributed by atoms with van der Waals surface area (Å²) in [5.74, 6) is 2.33. The Morgan fingerprint density at radius 1 is 1.24 bits per heavy atom. The fraction of sp³-hybridized carbons (Fsp3) is 0.652. The summed E-state index contributed by atoms with van der Waals surface area (Å²) in [4.78, 5) is 27.4. The Bertz CT molecular complexity index is 833. The van der Waals surface area contributed by atoms with Gasteiger partial charge in [0.1, 0.15) is 0 Å². The lowest BCUT2D eigenvalue weighted by atomic mass is 9.49. The molecule has 156 valence electrons. The largest absolute Gasteiger partial charge is 0.394 e. The van der Waals surface area contributed by atoms with Gasteiger partial charge in [0.25, 0.3) is 5.91 Å². The standard InChI is InChI=1S/C23H29ClN2O3/c1-13(12-27)26-11-18-17(22(26)29)2-3-19(24)21(18)25-20(28)10-23-7-14-4-15(8-23)6-16(5-14)9-23/h2-3,13-16,27H,4-12H2,1H3,(H,25,28). The molecule has 6 rings (SSSR count). The number of aliphatic hydroxyl groups excluding tert-OH is 1. The van der Waals surface area contributed by atoms with Crippen molar-refractivity contribution in [1.82, 2.24) is 4.90 Å². The Kier molecular flexibility index (Phi) is 4.67. The van der Waals surface area contributed by atoms with Gasteiger partial charge >= 0.3 is 0 Å². The molecule has 5 aliphatic rings. The number of carbonyl (C=O) groups is 2. The van der Waals surface area contributed by atoms with Gasteiger partial charge in [0, 0.05) is 24.1 Å². The summed E-state index contributed by atoms with van der Waals surface area (Å²) in [6, 6.07) is 3.13. The first-order valence-corrected chi connectivity index (χ1v) is 11.3. The number of hydrogen-bond donors (Lipinski definition) is 2. The number of fused-ring (bicyclic) bond motifs is 1. The summed E-state index contributed by atoms with van der Waals surface area (Å²) in [6.07, 6.45) is 8.20. The molecular weight excluding hydrogens is 388 g/mol. The van der Waals surface area contributed by atoms with Crippen LogP contribution < -0.4 is 5.32 Å². The highest BCUT2D eigenvalue weighted by molar-refractivity contribution is 6.34. The average molecular weight is 417 g/mol. The highest BCUT2D eigenvalue weighted by Gasteiger charge is 2.51. The number of carbonyl (C=O) groups excluding carboxylic acids is 2. The maximum Gasteiger partial charge on any atom is 0.254 e. The zero-order chi connectivity index (χ0) is 20.3. The maximum atomic E-state index is 13.1. The van der Waals surface area contributed by atoms with Crippen molar-refractivity contribution in [2.24, 2.45) is 23.2 Å². The molecule has 4 bridgehead atoms. The third-order valence-corrected chi connectivity index (χ3v) is 8.16. The Balaban J connectivity index is 1.35. The van der Waals surface area contributed by atoms with Gasteiger partial charge in [-0.15, -0.1) is 0 Å². The van der Waals surface area contributed by atoms with Crippen molar-refractivity contribution in [2.75, 3.05) is 11.9 Å². The summed E-state index contributed by atoms with van der Waals surface area (Å²) < 4.78 is 0. The number of benzene rings is 1. The third kappa shape index (κ3) is 3.27. The second kappa shape index (κ2) is 6.98. The molecule has 5 nitrogen and oxygen atoms in total. The molecule has 1 atom stereocenters. The molecule has 29 heavy (non-hydrogen) atoms. The van der Waals surface area contributed by atoms with Crippen molar-refractivity contribution >= 4 is 29.1 Å². The molecule has 2 N–H and O–H groups in total. The van der Waals surface area contributed by atoms with Gasteiger partial charge in [-0.05, 0) is 80.8 Å². The number of rotatable bonds is 5. The molecule has 0 aromatic heterocycles. The zero-order valence-corrected chi connectivity index (χ0v) is 17.7. The van der Waals surface area contributed by atoms with Crippen LogP contribution in [0.1, 0.15) is 67.8 Å². The van der Waals surface area contributed by atoms with E-state index in [4.69, 9.17) is 11.6 Å². The number of halogens is 1. The fourth-order valence-corrected chi connectivity index (χ4v) is 7.23. The summed E-state index contributed by atoms with van der Waals surface area (Å²) in [6.45, 7) is 2.08. The lowest BCUT2D eigenvalue weighted by molar-refractivity contribution is -0.124. The van der Waals surface area contributed by atoms with Crippen LogP contribution in [0.5, 0.6) is 0 Å². The highest BCUT2D eigenvalue weighted by atomic mass is 35.5. The van der Waals surface area contributed by atoms with Crippen LogP contribution in [0, 0.1) is 23.2 Å². The Hall–Kier alpha value is -1.59. The van der Waals surface area contributed by atoms with Gasteiger partial charge in [0.05, 0.1) is 23.4 Å². The van der Waals surface area contributed by atoms with Gasteiger partial charge in [-0.2, -0.15) is 0 Å². The van der Waals surface area contributed by atoms with Crippen molar-refractivity contribution in [3.05, 3.63) is 28.3 Å². The minimum atomic E-state index is -0.274. The van der Waals surface area contributed by atoms with Gasteiger partial charge in [0.15, 0.2) is 0 Å². The van der Waals surface area contributed by atoms with Gasteiger partial charge in [0.2, 0.25) is 5.91 Å². The molecule has 4 fully saturated rings. The predicted molar refractivity (Wildman–Crippen MR) is 112 cm³/mol. The topological polar surface area (TPSA) is 69.6 Å². The molecule has 4 saturated carbocycles. The van der Waals surface area contributed by atoms with Gasteiger partial charge in [-0.3, -0.25) is 9.59 Å². The second-order valence-corrected chi connectivity index (χ2v) is 10.5. The number of anilines is 1. The third-order valence-electron chi connectivity index (χ3n) is 7.84. The van der Waals surface area contributed by atoms with E-state index in [2.05, 4.69) is 5.32 Å². The van der Waals surface area contributed by atoms with Crippen LogP contribution in [0.4, 0.5) is 5.69 Å². The van der Waals surface area contributed by atoms with Crippen molar-refractivity contribution in [1.29, 1.82) is 0 Å². The molecule has 0 radical (unpaired) electrons. The molecule has 6 heteroatoms. The molecule has 2 amide bonds. The second-order valence-electron chi connectivity index (χ2n) is 10.1. The first-order chi connectivity index (χ1) is 13.9. The van der Waals surface area contributed by atoms with E-state index in [0.717, 1.165) is 23.3 Å². The van der Waals surface area contributed by atoms with E-state index in [0.29, 0.717) is 29.2 Å². The molecule has 1 unspecified atom stereocenters. The summed E-state index contributed by atoms with van der Waals surface area (Å²) >= 11 is 6.44. The Morgan fingerprint density at radius 2 is 1.86 bits per heavy atom. The Morgan fingerprint density at radius 3 is 2.45 bits per heavy atom. The minimum absolute atomic E-state index is 0.0170. The summed E-state index contributed by atoms with van der Waals surface area (Å²) in [5.41, 5.74) is 2.07. The average Bonchev–Trinajstić information content (AvgIpc) is 2.99. The van der Waals surface area contributed by atoms with E-state index >= 15 is 0 Å². The lowest BCUT2D eigenvalue weighted by Gasteiger charge is -2.56. The van der Waals surface area contributed by atoms with Crippen LogP contribution in [-0.2, 0) is 11.3 Å². The van der Waals surface area contributed by atoms with Crippen LogP contribution in [-0.4, -0.2) is 34.5 Å². The first kappa shape index (κ1) is 19.4. The predicted octanol–water partition coefficient (Wildman–Crippen LogP) is 4.22. The van der Waals surface area contributed by atoms with Crippen LogP contribution in [0.15, 0.2) is 12.1 Å². The van der Waals surface area contributed by atoms with Gasteiger partial charge < -0.3 is 15.3 Å². The number of nitrogens with zero attached hydrogens (tertiary/aromatic N) is 1.